The van der Waals surface area contributed by atoms with Crippen LogP contribution in [0.1, 0.15) is 32.1 Å². The number of rotatable bonds is 4. The van der Waals surface area contributed by atoms with Crippen molar-refractivity contribution in [3.05, 3.63) is 0 Å². The van der Waals surface area contributed by atoms with E-state index in [1.54, 1.807) is 0 Å². The predicted octanol–water partition coefficient (Wildman–Crippen LogP) is 1.62. The maximum Gasteiger partial charge on any atom is 0.120 e. The molecule has 2 rings (SSSR count). The van der Waals surface area contributed by atoms with Crippen molar-refractivity contribution in [2.24, 2.45) is 23.7 Å². The van der Waals surface area contributed by atoms with Crippen molar-refractivity contribution >= 4 is 6.29 Å². The van der Waals surface area contributed by atoms with Crippen LogP contribution in [0, 0.1) is 23.7 Å². The van der Waals surface area contributed by atoms with E-state index >= 15 is 0 Å². The second-order valence-corrected chi connectivity index (χ2v) is 4.59. The summed E-state index contributed by atoms with van der Waals surface area (Å²) in [5.41, 5.74) is 0. The van der Waals surface area contributed by atoms with Crippen molar-refractivity contribution in [1.29, 1.82) is 0 Å². The van der Waals surface area contributed by atoms with Gasteiger partial charge in [-0.1, -0.05) is 0 Å². The first kappa shape index (κ1) is 9.20. The summed E-state index contributed by atoms with van der Waals surface area (Å²) in [4.78, 5) is 10.3. The molecule has 2 aliphatic carbocycles. The van der Waals surface area contributed by atoms with Gasteiger partial charge in [-0.25, -0.2) is 0 Å². The SMILES string of the molecule is O=CCC[C@H]1[C@H]2CC[C@H](C2)[C@H]1CO. The molecule has 1 N–H and O–H groups in total. The number of carbonyl (C=O) groups excluding carboxylic acids is 1. The summed E-state index contributed by atoms with van der Waals surface area (Å²) in [7, 11) is 0. The molecule has 2 nitrogen and oxygen atoms in total. The van der Waals surface area contributed by atoms with Crippen molar-refractivity contribution < 1.29 is 9.90 Å². The summed E-state index contributed by atoms with van der Waals surface area (Å²) >= 11 is 0. The maximum atomic E-state index is 10.3. The fourth-order valence-corrected chi connectivity index (χ4v) is 3.52. The van der Waals surface area contributed by atoms with E-state index in [4.69, 9.17) is 0 Å². The number of aliphatic hydroxyl groups excluding tert-OH is 1. The van der Waals surface area contributed by atoms with Gasteiger partial charge in [-0.15, -0.1) is 0 Å². The van der Waals surface area contributed by atoms with Crippen molar-refractivity contribution in [3.63, 3.8) is 0 Å². The molecule has 0 aliphatic heterocycles. The average molecular weight is 182 g/mol. The van der Waals surface area contributed by atoms with Crippen LogP contribution in [-0.2, 0) is 4.79 Å². The lowest BCUT2D eigenvalue weighted by Crippen LogP contribution is -2.25. The van der Waals surface area contributed by atoms with E-state index in [9.17, 15) is 9.90 Å². The van der Waals surface area contributed by atoms with Crippen molar-refractivity contribution in [2.45, 2.75) is 32.1 Å². The lowest BCUT2D eigenvalue weighted by molar-refractivity contribution is -0.108. The van der Waals surface area contributed by atoms with Gasteiger partial charge in [0.1, 0.15) is 6.29 Å². The second kappa shape index (κ2) is 3.79. The van der Waals surface area contributed by atoms with Gasteiger partial charge in [-0.2, -0.15) is 0 Å². The van der Waals surface area contributed by atoms with Crippen LogP contribution in [-0.4, -0.2) is 18.0 Å². The van der Waals surface area contributed by atoms with Crippen LogP contribution in [0.2, 0.25) is 0 Å². The second-order valence-electron chi connectivity index (χ2n) is 4.59. The molecule has 2 fully saturated rings. The van der Waals surface area contributed by atoms with Gasteiger partial charge < -0.3 is 9.90 Å². The minimum Gasteiger partial charge on any atom is -0.396 e. The molecule has 13 heavy (non-hydrogen) atoms. The van der Waals surface area contributed by atoms with Crippen LogP contribution in [0.5, 0.6) is 0 Å². The van der Waals surface area contributed by atoms with Gasteiger partial charge >= 0.3 is 0 Å². The van der Waals surface area contributed by atoms with Crippen LogP contribution in [0.4, 0.5) is 0 Å². The van der Waals surface area contributed by atoms with Gasteiger partial charge in [-0.05, 0) is 49.4 Å². The van der Waals surface area contributed by atoms with E-state index in [1.807, 2.05) is 0 Å². The molecule has 0 saturated heterocycles. The highest BCUT2D eigenvalue weighted by Crippen LogP contribution is 2.53. The molecule has 0 aromatic rings. The Morgan fingerprint density at radius 2 is 1.92 bits per heavy atom. The first-order chi connectivity index (χ1) is 6.36. The Balaban J connectivity index is 1.96. The normalized spacial score (nSPS) is 42.5. The first-order valence-electron chi connectivity index (χ1n) is 5.41. The molecule has 0 aromatic carbocycles. The quantitative estimate of drug-likeness (QED) is 0.671. The Morgan fingerprint density at radius 3 is 2.54 bits per heavy atom. The summed E-state index contributed by atoms with van der Waals surface area (Å²) in [6.07, 6.45) is 6.67. The van der Waals surface area contributed by atoms with Crippen LogP contribution >= 0.6 is 0 Å². The molecular formula is C11H18O2. The molecule has 0 radical (unpaired) electrons. The Hall–Kier alpha value is -0.370. The van der Waals surface area contributed by atoms with Crippen LogP contribution in [0.3, 0.4) is 0 Å². The average Bonchev–Trinajstić information content (AvgIpc) is 2.73. The van der Waals surface area contributed by atoms with Gasteiger partial charge in [0.25, 0.3) is 0 Å². The van der Waals surface area contributed by atoms with E-state index in [1.165, 1.54) is 19.3 Å². The molecule has 0 spiro atoms. The molecular weight excluding hydrogens is 164 g/mol. The summed E-state index contributed by atoms with van der Waals surface area (Å²) in [5, 5.41) is 9.27. The van der Waals surface area contributed by atoms with E-state index in [2.05, 4.69) is 0 Å². The van der Waals surface area contributed by atoms with Gasteiger partial charge in [-0.3, -0.25) is 0 Å². The van der Waals surface area contributed by atoms with Crippen molar-refractivity contribution in [1.82, 2.24) is 0 Å². The smallest absolute Gasteiger partial charge is 0.120 e. The topological polar surface area (TPSA) is 37.3 Å². The first-order valence-corrected chi connectivity index (χ1v) is 5.41. The van der Waals surface area contributed by atoms with Crippen molar-refractivity contribution in [3.8, 4) is 0 Å². The van der Waals surface area contributed by atoms with E-state index in [0.29, 0.717) is 24.9 Å². The molecule has 2 saturated carbocycles. The lowest BCUT2D eigenvalue weighted by Gasteiger charge is -2.29. The number of aliphatic hydroxyl groups is 1. The highest BCUT2D eigenvalue weighted by molar-refractivity contribution is 5.49. The summed E-state index contributed by atoms with van der Waals surface area (Å²) in [5.74, 6) is 2.75. The minimum absolute atomic E-state index is 0.338. The highest BCUT2D eigenvalue weighted by atomic mass is 16.3. The maximum absolute atomic E-state index is 10.3. The fraction of sp³-hybridized carbons (Fsp3) is 0.909. The van der Waals surface area contributed by atoms with Gasteiger partial charge in [0.15, 0.2) is 0 Å². The summed E-state index contributed by atoms with van der Waals surface area (Å²) in [6, 6.07) is 0. The van der Waals surface area contributed by atoms with Crippen molar-refractivity contribution in [2.75, 3.05) is 6.61 Å². The molecule has 0 heterocycles. The standard InChI is InChI=1S/C11H18O2/c12-5-1-2-10-8-3-4-9(6-8)11(10)7-13/h5,8-11,13H,1-4,6-7H2/t8-,9+,10-,11+/m0/s1. The van der Waals surface area contributed by atoms with Crippen LogP contribution in [0.25, 0.3) is 0 Å². The number of fused-ring (bicyclic) bond motifs is 2. The Bertz CT molecular complexity index is 191. The zero-order valence-corrected chi connectivity index (χ0v) is 7.98. The largest absolute Gasteiger partial charge is 0.396 e. The number of hydrogen-bond acceptors (Lipinski definition) is 2. The Labute approximate surface area is 79.3 Å². The summed E-state index contributed by atoms with van der Waals surface area (Å²) in [6.45, 7) is 0.338. The zero-order chi connectivity index (χ0) is 9.26. The number of carbonyl (C=O) groups is 1. The summed E-state index contributed by atoms with van der Waals surface area (Å²) < 4.78 is 0. The molecule has 2 bridgehead atoms. The molecule has 0 amide bonds. The zero-order valence-electron chi connectivity index (χ0n) is 7.98. The van der Waals surface area contributed by atoms with Gasteiger partial charge in [0.05, 0.1) is 0 Å². The Kier molecular flexibility index (Phi) is 2.68. The Morgan fingerprint density at radius 1 is 1.23 bits per heavy atom. The minimum atomic E-state index is 0.338. The van der Waals surface area contributed by atoms with Crippen LogP contribution in [0.15, 0.2) is 0 Å². The number of aldehydes is 1. The molecule has 74 valence electrons. The number of hydrogen-bond donors (Lipinski definition) is 1. The molecule has 4 atom stereocenters. The third kappa shape index (κ3) is 1.52. The molecule has 0 unspecified atom stereocenters. The molecule has 2 heteroatoms. The van der Waals surface area contributed by atoms with Gasteiger partial charge in [0, 0.05) is 13.0 Å². The lowest BCUT2D eigenvalue weighted by atomic mass is 9.77. The van der Waals surface area contributed by atoms with E-state index < -0.39 is 0 Å². The monoisotopic (exact) mass is 182 g/mol. The predicted molar refractivity (Wildman–Crippen MR) is 50.2 cm³/mol. The van der Waals surface area contributed by atoms with Crippen LogP contribution < -0.4 is 0 Å². The molecule has 2 aliphatic rings. The fourth-order valence-electron chi connectivity index (χ4n) is 3.52. The third-order valence-corrected chi connectivity index (χ3v) is 4.10. The molecule has 0 aromatic heterocycles. The third-order valence-electron chi connectivity index (χ3n) is 4.10. The van der Waals surface area contributed by atoms with E-state index in [-0.39, 0.29) is 0 Å². The van der Waals surface area contributed by atoms with Gasteiger partial charge in [0.2, 0.25) is 0 Å². The highest BCUT2D eigenvalue weighted by Gasteiger charge is 2.46. The van der Waals surface area contributed by atoms with E-state index in [0.717, 1.165) is 24.5 Å².